The van der Waals surface area contributed by atoms with Crippen molar-refractivity contribution in [3.05, 3.63) is 0 Å². The average Bonchev–Trinajstić information content (AvgIpc) is 2.52. The molecule has 3 atom stereocenters. The first-order valence-electron chi connectivity index (χ1n) is 9.16. The van der Waals surface area contributed by atoms with Gasteiger partial charge in [0.25, 0.3) is 0 Å². The third kappa shape index (κ3) is 5.54. The Kier molecular flexibility index (Phi) is 9.54. The van der Waals surface area contributed by atoms with E-state index in [0.29, 0.717) is 18.0 Å². The fraction of sp³-hybridized carbons (Fsp3) is 1.00. The minimum absolute atomic E-state index is 0.667. The molecule has 0 aromatic rings. The molecule has 2 N–H and O–H groups in total. The molecule has 0 spiro atoms. The first kappa shape index (κ1) is 18.9. The zero-order chi connectivity index (χ0) is 15.7. The van der Waals surface area contributed by atoms with Gasteiger partial charge in [0.15, 0.2) is 0 Å². The van der Waals surface area contributed by atoms with E-state index >= 15 is 0 Å². The van der Waals surface area contributed by atoms with Crippen LogP contribution < -0.4 is 5.73 Å². The van der Waals surface area contributed by atoms with Crippen LogP contribution in [0.2, 0.25) is 0 Å². The summed E-state index contributed by atoms with van der Waals surface area (Å²) in [6.07, 6.45) is 9.19. The Morgan fingerprint density at radius 2 is 1.90 bits per heavy atom. The van der Waals surface area contributed by atoms with Crippen LogP contribution in [0.5, 0.6) is 0 Å². The molecule has 1 rings (SSSR count). The highest BCUT2D eigenvalue weighted by Crippen LogP contribution is 2.35. The minimum Gasteiger partial charge on any atom is -0.383 e. The number of methoxy groups -OCH3 is 1. The molecule has 1 fully saturated rings. The van der Waals surface area contributed by atoms with Crippen molar-refractivity contribution in [1.82, 2.24) is 4.90 Å². The first-order valence-corrected chi connectivity index (χ1v) is 9.16. The van der Waals surface area contributed by atoms with E-state index in [4.69, 9.17) is 10.5 Å². The molecule has 1 aliphatic carbocycles. The molecular formula is C18H38N2O. The molecule has 126 valence electrons. The smallest absolute Gasteiger partial charge is 0.0589 e. The maximum Gasteiger partial charge on any atom is 0.0589 e. The van der Waals surface area contributed by atoms with Crippen molar-refractivity contribution in [2.75, 3.05) is 26.8 Å². The summed E-state index contributed by atoms with van der Waals surface area (Å²) in [6, 6.07) is 1.35. The van der Waals surface area contributed by atoms with Gasteiger partial charge >= 0.3 is 0 Å². The van der Waals surface area contributed by atoms with E-state index < -0.39 is 0 Å². The molecule has 0 aromatic carbocycles. The Balaban J connectivity index is 2.81. The molecule has 0 aromatic heterocycles. The van der Waals surface area contributed by atoms with E-state index in [0.717, 1.165) is 25.6 Å². The average molecular weight is 299 g/mol. The lowest BCUT2D eigenvalue weighted by Crippen LogP contribution is -2.52. The SMILES string of the molecule is CCCC1CCC(CN)C(N(CCOC)C(CC)CC)C1. The molecule has 3 nitrogen and oxygen atoms in total. The number of hydrogen-bond acceptors (Lipinski definition) is 3. The topological polar surface area (TPSA) is 38.5 Å². The Hall–Kier alpha value is -0.120. The normalized spacial score (nSPS) is 26.7. The fourth-order valence-corrected chi connectivity index (χ4v) is 4.22. The fourth-order valence-electron chi connectivity index (χ4n) is 4.22. The van der Waals surface area contributed by atoms with E-state index in [1.54, 1.807) is 0 Å². The Bertz CT molecular complexity index is 256. The molecule has 3 unspecified atom stereocenters. The maximum atomic E-state index is 6.10. The lowest BCUT2D eigenvalue weighted by Gasteiger charge is -2.46. The van der Waals surface area contributed by atoms with Crippen LogP contribution in [0.25, 0.3) is 0 Å². The Morgan fingerprint density at radius 3 is 2.43 bits per heavy atom. The maximum absolute atomic E-state index is 6.10. The van der Waals surface area contributed by atoms with Gasteiger partial charge in [0, 0.05) is 25.7 Å². The molecule has 0 bridgehead atoms. The van der Waals surface area contributed by atoms with E-state index in [1.807, 2.05) is 7.11 Å². The molecule has 21 heavy (non-hydrogen) atoms. The number of rotatable bonds is 10. The number of nitrogens with two attached hydrogens (primary N) is 1. The predicted octanol–water partition coefficient (Wildman–Crippen LogP) is 3.67. The van der Waals surface area contributed by atoms with Crippen LogP contribution in [0.1, 0.15) is 65.7 Å². The van der Waals surface area contributed by atoms with Gasteiger partial charge in [-0.1, -0.05) is 40.0 Å². The molecule has 0 radical (unpaired) electrons. The van der Waals surface area contributed by atoms with Crippen LogP contribution in [0.4, 0.5) is 0 Å². The molecular weight excluding hydrogens is 260 g/mol. The summed E-state index contributed by atoms with van der Waals surface area (Å²) in [7, 11) is 1.81. The highest BCUT2D eigenvalue weighted by atomic mass is 16.5. The molecule has 1 aliphatic rings. The quantitative estimate of drug-likeness (QED) is 0.669. The van der Waals surface area contributed by atoms with E-state index in [2.05, 4.69) is 25.7 Å². The zero-order valence-corrected chi connectivity index (χ0v) is 14.8. The van der Waals surface area contributed by atoms with Crippen molar-refractivity contribution in [3.63, 3.8) is 0 Å². The third-order valence-corrected chi connectivity index (χ3v) is 5.46. The number of ether oxygens (including phenoxy) is 1. The van der Waals surface area contributed by atoms with Crippen molar-refractivity contribution in [1.29, 1.82) is 0 Å². The molecule has 0 heterocycles. The van der Waals surface area contributed by atoms with Crippen LogP contribution in [0.3, 0.4) is 0 Å². The van der Waals surface area contributed by atoms with Crippen molar-refractivity contribution in [2.24, 2.45) is 17.6 Å². The van der Waals surface area contributed by atoms with Crippen LogP contribution in [-0.4, -0.2) is 43.8 Å². The zero-order valence-electron chi connectivity index (χ0n) is 14.8. The van der Waals surface area contributed by atoms with Crippen LogP contribution >= 0.6 is 0 Å². The summed E-state index contributed by atoms with van der Waals surface area (Å²) in [5.41, 5.74) is 6.10. The number of hydrogen-bond donors (Lipinski definition) is 1. The van der Waals surface area contributed by atoms with Gasteiger partial charge in [-0.3, -0.25) is 4.90 Å². The highest BCUT2D eigenvalue weighted by molar-refractivity contribution is 4.89. The van der Waals surface area contributed by atoms with Gasteiger partial charge in [-0.2, -0.15) is 0 Å². The van der Waals surface area contributed by atoms with Crippen LogP contribution in [0, 0.1) is 11.8 Å². The van der Waals surface area contributed by atoms with E-state index in [9.17, 15) is 0 Å². The molecule has 0 saturated heterocycles. The van der Waals surface area contributed by atoms with E-state index in [1.165, 1.54) is 44.9 Å². The molecule has 1 saturated carbocycles. The van der Waals surface area contributed by atoms with Gasteiger partial charge in [-0.25, -0.2) is 0 Å². The highest BCUT2D eigenvalue weighted by Gasteiger charge is 2.35. The summed E-state index contributed by atoms with van der Waals surface area (Å²) in [6.45, 7) is 9.68. The van der Waals surface area contributed by atoms with Crippen LogP contribution in [0.15, 0.2) is 0 Å². The lowest BCUT2D eigenvalue weighted by atomic mass is 9.75. The van der Waals surface area contributed by atoms with Gasteiger partial charge in [-0.05, 0) is 44.1 Å². The van der Waals surface area contributed by atoms with Gasteiger partial charge in [0.05, 0.1) is 6.61 Å². The first-order chi connectivity index (χ1) is 10.2. The van der Waals surface area contributed by atoms with Crippen molar-refractivity contribution in [2.45, 2.75) is 77.8 Å². The summed E-state index contributed by atoms with van der Waals surface area (Å²) in [5.74, 6) is 1.58. The van der Waals surface area contributed by atoms with Crippen LogP contribution in [-0.2, 0) is 4.74 Å². The second-order valence-corrected chi connectivity index (χ2v) is 6.73. The predicted molar refractivity (Wildman–Crippen MR) is 91.5 cm³/mol. The summed E-state index contributed by atoms with van der Waals surface area (Å²) in [5, 5.41) is 0. The summed E-state index contributed by atoms with van der Waals surface area (Å²) < 4.78 is 5.37. The monoisotopic (exact) mass is 298 g/mol. The van der Waals surface area contributed by atoms with Crippen molar-refractivity contribution < 1.29 is 4.74 Å². The van der Waals surface area contributed by atoms with E-state index in [-0.39, 0.29) is 0 Å². The molecule has 0 aliphatic heterocycles. The van der Waals surface area contributed by atoms with Gasteiger partial charge in [0.2, 0.25) is 0 Å². The standard InChI is InChI=1S/C18H38N2O/c1-5-8-15-9-10-16(14-19)18(13-15)20(11-12-21-4)17(6-2)7-3/h15-18H,5-14,19H2,1-4H3. The second kappa shape index (κ2) is 10.6. The third-order valence-electron chi connectivity index (χ3n) is 5.46. The summed E-state index contributed by atoms with van der Waals surface area (Å²) >= 11 is 0. The number of nitrogens with zero attached hydrogens (tertiary/aromatic N) is 1. The second-order valence-electron chi connectivity index (χ2n) is 6.73. The van der Waals surface area contributed by atoms with Gasteiger partial charge < -0.3 is 10.5 Å². The molecule has 0 amide bonds. The Morgan fingerprint density at radius 1 is 1.19 bits per heavy atom. The van der Waals surface area contributed by atoms with Crippen molar-refractivity contribution >= 4 is 0 Å². The van der Waals surface area contributed by atoms with Crippen molar-refractivity contribution in [3.8, 4) is 0 Å². The summed E-state index contributed by atoms with van der Waals surface area (Å²) in [4.78, 5) is 2.74. The van der Waals surface area contributed by atoms with Gasteiger partial charge in [0.1, 0.15) is 0 Å². The minimum atomic E-state index is 0.667. The Labute approximate surface area is 132 Å². The largest absolute Gasteiger partial charge is 0.383 e. The lowest BCUT2D eigenvalue weighted by molar-refractivity contribution is 0.0218. The van der Waals surface area contributed by atoms with Gasteiger partial charge in [-0.15, -0.1) is 0 Å². The molecule has 3 heteroatoms.